The highest BCUT2D eigenvalue weighted by atomic mass is 35.5. The van der Waals surface area contributed by atoms with Gasteiger partial charge in [0.2, 0.25) is 5.91 Å². The smallest absolute Gasteiger partial charge is 0.341 e. The minimum atomic E-state index is -0.404. The fourth-order valence-corrected chi connectivity index (χ4v) is 3.74. The van der Waals surface area contributed by atoms with Gasteiger partial charge in [-0.05, 0) is 56.5 Å². The van der Waals surface area contributed by atoms with Crippen LogP contribution in [0.4, 0.5) is 5.00 Å². The maximum Gasteiger partial charge on any atom is 0.341 e. The Morgan fingerprint density at radius 1 is 1.27 bits per heavy atom. The third-order valence-electron chi connectivity index (χ3n) is 3.64. The van der Waals surface area contributed by atoms with Gasteiger partial charge in [0.25, 0.3) is 0 Å². The molecule has 4 nitrogen and oxygen atoms in total. The van der Waals surface area contributed by atoms with E-state index in [1.54, 1.807) is 32.1 Å². The number of ether oxygens (including phenoxy) is 1. The molecule has 0 bridgehead atoms. The van der Waals surface area contributed by atoms with Crippen LogP contribution in [0.1, 0.15) is 47.1 Å². The van der Waals surface area contributed by atoms with E-state index in [9.17, 15) is 9.59 Å². The normalized spacial score (nSPS) is 11.2. The molecular formula is C20H22ClNO3S. The second-order valence-electron chi connectivity index (χ2n) is 6.02. The molecule has 0 unspecified atom stereocenters. The lowest BCUT2D eigenvalue weighted by Gasteiger charge is -2.10. The maximum absolute atomic E-state index is 12.5. The van der Waals surface area contributed by atoms with E-state index in [0.717, 1.165) is 16.0 Å². The van der Waals surface area contributed by atoms with Crippen molar-refractivity contribution in [1.82, 2.24) is 0 Å². The van der Waals surface area contributed by atoms with Gasteiger partial charge in [-0.25, -0.2) is 4.79 Å². The van der Waals surface area contributed by atoms with Gasteiger partial charge in [0.1, 0.15) is 5.00 Å². The Bertz CT molecular complexity index is 822. The molecule has 1 N–H and O–H groups in total. The Morgan fingerprint density at radius 3 is 2.50 bits per heavy atom. The van der Waals surface area contributed by atoms with Crippen LogP contribution in [0.25, 0.3) is 6.08 Å². The number of carbonyl (C=O) groups excluding carboxylic acids is 2. The molecule has 0 radical (unpaired) electrons. The number of rotatable bonds is 6. The van der Waals surface area contributed by atoms with Crippen molar-refractivity contribution < 1.29 is 14.3 Å². The predicted molar refractivity (Wildman–Crippen MR) is 108 cm³/mol. The summed E-state index contributed by atoms with van der Waals surface area (Å²) in [7, 11) is 0. The van der Waals surface area contributed by atoms with E-state index in [-0.39, 0.29) is 12.0 Å². The highest BCUT2D eigenvalue weighted by molar-refractivity contribution is 7.16. The molecule has 138 valence electrons. The summed E-state index contributed by atoms with van der Waals surface area (Å²) in [6, 6.07) is 7.16. The number of esters is 1. The topological polar surface area (TPSA) is 55.4 Å². The lowest BCUT2D eigenvalue weighted by Crippen LogP contribution is -2.16. The number of amides is 1. The minimum Gasteiger partial charge on any atom is -0.459 e. The molecule has 0 spiro atoms. The van der Waals surface area contributed by atoms with Crippen LogP contribution in [0.15, 0.2) is 30.3 Å². The monoisotopic (exact) mass is 391 g/mol. The number of nitrogens with one attached hydrogen (secondary N) is 1. The maximum atomic E-state index is 12.5. The molecule has 1 amide bonds. The van der Waals surface area contributed by atoms with Crippen LogP contribution < -0.4 is 5.32 Å². The second-order valence-corrected chi connectivity index (χ2v) is 7.68. The Labute approximate surface area is 162 Å². The largest absolute Gasteiger partial charge is 0.459 e. The summed E-state index contributed by atoms with van der Waals surface area (Å²) in [4.78, 5) is 25.8. The van der Waals surface area contributed by atoms with E-state index in [0.29, 0.717) is 22.0 Å². The average Bonchev–Trinajstić information content (AvgIpc) is 2.88. The van der Waals surface area contributed by atoms with E-state index >= 15 is 0 Å². The molecule has 0 aliphatic rings. The van der Waals surface area contributed by atoms with Gasteiger partial charge < -0.3 is 10.1 Å². The lowest BCUT2D eigenvalue weighted by atomic mass is 10.1. The zero-order valence-corrected chi connectivity index (χ0v) is 16.8. The molecule has 26 heavy (non-hydrogen) atoms. The zero-order valence-electron chi connectivity index (χ0n) is 15.3. The summed E-state index contributed by atoms with van der Waals surface area (Å²) in [5, 5.41) is 3.97. The van der Waals surface area contributed by atoms with Gasteiger partial charge in [-0.2, -0.15) is 0 Å². The number of halogens is 1. The molecule has 0 saturated carbocycles. The highest BCUT2D eigenvalue weighted by Gasteiger charge is 2.23. The van der Waals surface area contributed by atoms with Crippen molar-refractivity contribution in [2.45, 2.75) is 40.2 Å². The number of hydrogen-bond acceptors (Lipinski definition) is 4. The fourth-order valence-electron chi connectivity index (χ4n) is 2.48. The first-order valence-corrected chi connectivity index (χ1v) is 9.59. The van der Waals surface area contributed by atoms with Crippen molar-refractivity contribution in [3.63, 3.8) is 0 Å². The van der Waals surface area contributed by atoms with Gasteiger partial charge in [0.05, 0.1) is 11.7 Å². The van der Waals surface area contributed by atoms with E-state index in [4.69, 9.17) is 16.3 Å². The number of anilines is 1. The molecule has 1 aromatic carbocycles. The van der Waals surface area contributed by atoms with Crippen LogP contribution in [0.2, 0.25) is 5.02 Å². The molecule has 0 atom stereocenters. The van der Waals surface area contributed by atoms with Crippen molar-refractivity contribution in [2.24, 2.45) is 0 Å². The molecule has 0 aliphatic heterocycles. The number of benzene rings is 1. The highest BCUT2D eigenvalue weighted by Crippen LogP contribution is 2.34. The third kappa shape index (κ3) is 5.19. The SMILES string of the molecule is CCc1c(C)sc(NC(=O)/C=C\c2ccc(Cl)cc2)c1C(=O)OC(C)C. The molecule has 1 heterocycles. The number of aryl methyl sites for hydroxylation is 1. The standard InChI is InChI=1S/C20H22ClNO3S/c1-5-16-13(4)26-19(18(16)20(24)25-12(2)3)22-17(23)11-8-14-6-9-15(21)10-7-14/h6-12H,5H2,1-4H3,(H,22,23)/b11-8-. The van der Waals surface area contributed by atoms with Crippen molar-refractivity contribution >= 4 is 45.9 Å². The van der Waals surface area contributed by atoms with E-state index in [2.05, 4.69) is 5.32 Å². The quantitative estimate of drug-likeness (QED) is 0.523. The van der Waals surface area contributed by atoms with Crippen LogP contribution in [0, 0.1) is 6.92 Å². The van der Waals surface area contributed by atoms with Gasteiger partial charge in [0.15, 0.2) is 0 Å². The second kappa shape index (κ2) is 9.01. The van der Waals surface area contributed by atoms with E-state index in [1.165, 1.54) is 17.4 Å². The lowest BCUT2D eigenvalue weighted by molar-refractivity contribution is -0.111. The predicted octanol–water partition coefficient (Wildman–Crippen LogP) is 5.49. The Hall–Kier alpha value is -2.11. The van der Waals surface area contributed by atoms with E-state index < -0.39 is 5.97 Å². The van der Waals surface area contributed by atoms with Crippen molar-refractivity contribution in [1.29, 1.82) is 0 Å². The van der Waals surface area contributed by atoms with Crippen molar-refractivity contribution in [3.8, 4) is 0 Å². The molecule has 1 aromatic heterocycles. The first-order valence-electron chi connectivity index (χ1n) is 8.39. The molecule has 0 fully saturated rings. The van der Waals surface area contributed by atoms with Crippen molar-refractivity contribution in [2.75, 3.05) is 5.32 Å². The average molecular weight is 392 g/mol. The van der Waals surface area contributed by atoms with Crippen LogP contribution in [-0.2, 0) is 16.0 Å². The first-order chi connectivity index (χ1) is 12.3. The van der Waals surface area contributed by atoms with Gasteiger partial charge in [-0.3, -0.25) is 4.79 Å². The van der Waals surface area contributed by atoms with Crippen molar-refractivity contribution in [3.05, 3.63) is 56.9 Å². The van der Waals surface area contributed by atoms with Crippen LogP contribution >= 0.6 is 22.9 Å². The summed E-state index contributed by atoms with van der Waals surface area (Å²) in [6.45, 7) is 7.52. The number of carbonyl (C=O) groups is 2. The number of hydrogen-bond donors (Lipinski definition) is 1. The molecule has 0 saturated heterocycles. The Kier molecular flexibility index (Phi) is 7.00. The fraction of sp³-hybridized carbons (Fsp3) is 0.300. The van der Waals surface area contributed by atoms with Gasteiger partial charge >= 0.3 is 5.97 Å². The molecular weight excluding hydrogens is 370 g/mol. The molecule has 0 aliphatic carbocycles. The summed E-state index contributed by atoms with van der Waals surface area (Å²) < 4.78 is 5.34. The third-order valence-corrected chi connectivity index (χ3v) is 4.96. The van der Waals surface area contributed by atoms with Crippen LogP contribution in [0.5, 0.6) is 0 Å². The zero-order chi connectivity index (χ0) is 19.3. The molecule has 2 rings (SSSR count). The van der Waals surface area contributed by atoms with Crippen LogP contribution in [-0.4, -0.2) is 18.0 Å². The Morgan fingerprint density at radius 2 is 1.92 bits per heavy atom. The summed E-state index contributed by atoms with van der Waals surface area (Å²) in [5.41, 5.74) is 2.23. The first kappa shape index (κ1) is 20.2. The van der Waals surface area contributed by atoms with Gasteiger partial charge in [-0.1, -0.05) is 30.7 Å². The molecule has 6 heteroatoms. The van der Waals surface area contributed by atoms with Gasteiger partial charge in [-0.15, -0.1) is 11.3 Å². The summed E-state index contributed by atoms with van der Waals surface area (Å²) >= 11 is 7.24. The Balaban J connectivity index is 2.21. The van der Waals surface area contributed by atoms with E-state index in [1.807, 2.05) is 26.0 Å². The molecule has 2 aromatic rings. The number of thiophene rings is 1. The minimum absolute atomic E-state index is 0.222. The summed E-state index contributed by atoms with van der Waals surface area (Å²) in [6.07, 6.45) is 3.60. The summed E-state index contributed by atoms with van der Waals surface area (Å²) in [5.74, 6) is -0.708. The van der Waals surface area contributed by atoms with Crippen LogP contribution in [0.3, 0.4) is 0 Å². The van der Waals surface area contributed by atoms with Gasteiger partial charge in [0, 0.05) is 16.0 Å².